The third-order valence-corrected chi connectivity index (χ3v) is 3.17. The first-order chi connectivity index (χ1) is 9.08. The SMILES string of the molecule is COC(=O)c1ccc(-c2c(C#N)cc(C)n2C)cc1. The average molecular weight is 254 g/mol. The van der Waals surface area contributed by atoms with E-state index < -0.39 is 0 Å². The van der Waals surface area contributed by atoms with Gasteiger partial charge in [0.2, 0.25) is 0 Å². The molecule has 0 atom stereocenters. The Hall–Kier alpha value is -2.54. The topological polar surface area (TPSA) is 55.0 Å². The van der Waals surface area contributed by atoms with Crippen LogP contribution in [0.1, 0.15) is 21.6 Å². The van der Waals surface area contributed by atoms with Gasteiger partial charge in [0.05, 0.1) is 23.9 Å². The fraction of sp³-hybridized carbons (Fsp3) is 0.200. The molecule has 0 fully saturated rings. The number of benzene rings is 1. The molecule has 1 aromatic heterocycles. The number of rotatable bonds is 2. The molecule has 0 saturated carbocycles. The quantitative estimate of drug-likeness (QED) is 0.774. The van der Waals surface area contributed by atoms with E-state index in [0.29, 0.717) is 11.1 Å². The van der Waals surface area contributed by atoms with E-state index in [1.165, 1.54) is 7.11 Å². The number of aromatic nitrogens is 1. The van der Waals surface area contributed by atoms with E-state index >= 15 is 0 Å². The van der Waals surface area contributed by atoms with Gasteiger partial charge in [-0.2, -0.15) is 5.26 Å². The summed E-state index contributed by atoms with van der Waals surface area (Å²) in [6, 6.07) is 11.1. The summed E-state index contributed by atoms with van der Waals surface area (Å²) < 4.78 is 6.62. The molecule has 96 valence electrons. The maximum atomic E-state index is 11.4. The molecule has 0 amide bonds. The largest absolute Gasteiger partial charge is 0.465 e. The zero-order valence-corrected chi connectivity index (χ0v) is 11.1. The molecule has 0 spiro atoms. The lowest BCUT2D eigenvalue weighted by molar-refractivity contribution is 0.0601. The molecule has 1 heterocycles. The Morgan fingerprint density at radius 1 is 1.32 bits per heavy atom. The Morgan fingerprint density at radius 2 is 1.95 bits per heavy atom. The number of aryl methyl sites for hydroxylation is 1. The van der Waals surface area contributed by atoms with Crippen molar-refractivity contribution >= 4 is 5.97 Å². The summed E-state index contributed by atoms with van der Waals surface area (Å²) in [6.07, 6.45) is 0. The molecule has 0 radical (unpaired) electrons. The van der Waals surface area contributed by atoms with Crippen LogP contribution >= 0.6 is 0 Å². The molecule has 0 unspecified atom stereocenters. The van der Waals surface area contributed by atoms with Crippen LogP contribution in [0, 0.1) is 18.3 Å². The Morgan fingerprint density at radius 3 is 2.47 bits per heavy atom. The van der Waals surface area contributed by atoms with Crippen LogP contribution in [0.4, 0.5) is 0 Å². The number of esters is 1. The monoisotopic (exact) mass is 254 g/mol. The summed E-state index contributed by atoms with van der Waals surface area (Å²) in [5, 5.41) is 9.16. The minimum absolute atomic E-state index is 0.366. The number of hydrogen-bond donors (Lipinski definition) is 0. The van der Waals surface area contributed by atoms with Gasteiger partial charge in [0.15, 0.2) is 0 Å². The lowest BCUT2D eigenvalue weighted by Crippen LogP contribution is -2.01. The number of ether oxygens (including phenoxy) is 1. The van der Waals surface area contributed by atoms with E-state index in [1.54, 1.807) is 12.1 Å². The van der Waals surface area contributed by atoms with Crippen molar-refractivity contribution in [2.45, 2.75) is 6.92 Å². The van der Waals surface area contributed by atoms with Gasteiger partial charge in [0.25, 0.3) is 0 Å². The highest BCUT2D eigenvalue weighted by Gasteiger charge is 2.13. The molecule has 0 saturated heterocycles. The second-order valence-corrected chi connectivity index (χ2v) is 4.29. The minimum atomic E-state index is -0.366. The first-order valence-corrected chi connectivity index (χ1v) is 5.83. The van der Waals surface area contributed by atoms with Gasteiger partial charge in [0, 0.05) is 12.7 Å². The number of methoxy groups -OCH3 is 1. The highest BCUT2D eigenvalue weighted by Crippen LogP contribution is 2.26. The van der Waals surface area contributed by atoms with Crippen LogP contribution in [-0.2, 0) is 11.8 Å². The fourth-order valence-corrected chi connectivity index (χ4v) is 2.05. The predicted octanol–water partition coefficient (Wildman–Crippen LogP) is 2.66. The summed E-state index contributed by atoms with van der Waals surface area (Å²) >= 11 is 0. The van der Waals surface area contributed by atoms with Gasteiger partial charge >= 0.3 is 5.97 Å². The maximum absolute atomic E-state index is 11.4. The van der Waals surface area contributed by atoms with Gasteiger partial charge in [-0.15, -0.1) is 0 Å². The number of carbonyl (C=O) groups excluding carboxylic acids is 1. The van der Waals surface area contributed by atoms with Crippen LogP contribution < -0.4 is 0 Å². The normalized spacial score (nSPS) is 10.0. The molecule has 0 N–H and O–H groups in total. The van der Waals surface area contributed by atoms with Crippen molar-refractivity contribution in [1.82, 2.24) is 4.57 Å². The van der Waals surface area contributed by atoms with Gasteiger partial charge < -0.3 is 9.30 Å². The van der Waals surface area contributed by atoms with E-state index in [4.69, 9.17) is 5.26 Å². The molecular formula is C15H14N2O2. The molecular weight excluding hydrogens is 240 g/mol. The van der Waals surface area contributed by atoms with E-state index in [0.717, 1.165) is 17.0 Å². The van der Waals surface area contributed by atoms with Gasteiger partial charge in [-0.1, -0.05) is 12.1 Å². The smallest absolute Gasteiger partial charge is 0.337 e. The number of carbonyl (C=O) groups is 1. The Balaban J connectivity index is 2.49. The van der Waals surface area contributed by atoms with Crippen molar-refractivity contribution in [3.8, 4) is 17.3 Å². The van der Waals surface area contributed by atoms with Gasteiger partial charge in [-0.25, -0.2) is 4.79 Å². The molecule has 2 aromatic rings. The lowest BCUT2D eigenvalue weighted by Gasteiger charge is -2.07. The van der Waals surface area contributed by atoms with Crippen LogP contribution in [0.3, 0.4) is 0 Å². The maximum Gasteiger partial charge on any atom is 0.337 e. The van der Waals surface area contributed by atoms with Gasteiger partial charge in [-0.05, 0) is 30.7 Å². The molecule has 2 rings (SSSR count). The first kappa shape index (κ1) is 12.9. The van der Waals surface area contributed by atoms with Crippen LogP contribution in [0.15, 0.2) is 30.3 Å². The Kier molecular flexibility index (Phi) is 3.39. The van der Waals surface area contributed by atoms with Crippen LogP contribution in [0.5, 0.6) is 0 Å². The molecule has 4 nitrogen and oxygen atoms in total. The number of hydrogen-bond acceptors (Lipinski definition) is 3. The van der Waals surface area contributed by atoms with Gasteiger partial charge in [0.1, 0.15) is 6.07 Å². The minimum Gasteiger partial charge on any atom is -0.465 e. The average Bonchev–Trinajstić information content (AvgIpc) is 2.73. The van der Waals surface area contributed by atoms with Crippen molar-refractivity contribution in [2.75, 3.05) is 7.11 Å². The third-order valence-electron chi connectivity index (χ3n) is 3.17. The highest BCUT2D eigenvalue weighted by atomic mass is 16.5. The molecule has 0 aliphatic carbocycles. The number of nitriles is 1. The van der Waals surface area contributed by atoms with Crippen LogP contribution in [-0.4, -0.2) is 17.6 Å². The summed E-state index contributed by atoms with van der Waals surface area (Å²) in [5.41, 5.74) is 3.90. The standard InChI is InChI=1S/C15H14N2O2/c1-10-8-13(9-16)14(17(10)2)11-4-6-12(7-5-11)15(18)19-3/h4-8H,1-3H3. The second kappa shape index (κ2) is 4.99. The van der Waals surface area contributed by atoms with Crippen molar-refractivity contribution < 1.29 is 9.53 Å². The molecule has 0 bridgehead atoms. The van der Waals surface area contributed by atoms with Crippen molar-refractivity contribution in [3.05, 3.63) is 47.2 Å². The van der Waals surface area contributed by atoms with Crippen molar-refractivity contribution in [1.29, 1.82) is 5.26 Å². The zero-order valence-electron chi connectivity index (χ0n) is 11.1. The second-order valence-electron chi connectivity index (χ2n) is 4.29. The van der Waals surface area contributed by atoms with Crippen LogP contribution in [0.2, 0.25) is 0 Å². The van der Waals surface area contributed by atoms with Crippen molar-refractivity contribution in [3.63, 3.8) is 0 Å². The third kappa shape index (κ3) is 2.23. The van der Waals surface area contributed by atoms with E-state index in [1.807, 2.05) is 36.7 Å². The van der Waals surface area contributed by atoms with Gasteiger partial charge in [-0.3, -0.25) is 0 Å². The molecule has 4 heteroatoms. The van der Waals surface area contributed by atoms with E-state index in [-0.39, 0.29) is 5.97 Å². The summed E-state index contributed by atoms with van der Waals surface area (Å²) in [5.74, 6) is -0.366. The summed E-state index contributed by atoms with van der Waals surface area (Å²) in [4.78, 5) is 11.4. The molecule has 0 aliphatic heterocycles. The van der Waals surface area contributed by atoms with E-state index in [2.05, 4.69) is 10.8 Å². The fourth-order valence-electron chi connectivity index (χ4n) is 2.05. The zero-order chi connectivity index (χ0) is 14.0. The first-order valence-electron chi connectivity index (χ1n) is 5.83. The predicted molar refractivity (Wildman–Crippen MR) is 71.6 cm³/mol. The summed E-state index contributed by atoms with van der Waals surface area (Å²) in [7, 11) is 3.27. The number of nitrogens with zero attached hydrogens (tertiary/aromatic N) is 2. The molecule has 0 aliphatic rings. The van der Waals surface area contributed by atoms with E-state index in [9.17, 15) is 4.79 Å². The lowest BCUT2D eigenvalue weighted by atomic mass is 10.1. The van der Waals surface area contributed by atoms with Crippen LogP contribution in [0.25, 0.3) is 11.3 Å². The summed E-state index contributed by atoms with van der Waals surface area (Å²) in [6.45, 7) is 1.95. The Bertz CT molecular complexity index is 661. The molecule has 1 aromatic carbocycles. The highest BCUT2D eigenvalue weighted by molar-refractivity contribution is 5.90. The van der Waals surface area contributed by atoms with Crippen molar-refractivity contribution in [2.24, 2.45) is 7.05 Å². The Labute approximate surface area is 111 Å². The molecule has 19 heavy (non-hydrogen) atoms.